The van der Waals surface area contributed by atoms with Gasteiger partial charge in [-0.2, -0.15) is 0 Å². The minimum atomic E-state index is -4.11. The lowest BCUT2D eigenvalue weighted by Gasteiger charge is -2.11. The fourth-order valence-electron chi connectivity index (χ4n) is 2.25. The minimum Gasteiger partial charge on any atom is -0.465 e. The number of aryl methyl sites for hydroxylation is 1. The number of benzene rings is 1. The number of tetrazole rings is 1. The predicted molar refractivity (Wildman–Crippen MR) is 95.6 cm³/mol. The third-order valence-corrected chi connectivity index (χ3v) is 5.32. The van der Waals surface area contributed by atoms with Crippen LogP contribution in [0.3, 0.4) is 0 Å². The molecule has 0 amide bonds. The summed E-state index contributed by atoms with van der Waals surface area (Å²) in [7, 11) is -1.28. The number of esters is 1. The highest BCUT2D eigenvalue weighted by molar-refractivity contribution is 7.92. The number of halogens is 1. The van der Waals surface area contributed by atoms with Crippen LogP contribution < -0.4 is 4.72 Å². The van der Waals surface area contributed by atoms with Gasteiger partial charge in [0.1, 0.15) is 10.0 Å². The van der Waals surface area contributed by atoms with Crippen molar-refractivity contribution in [1.29, 1.82) is 0 Å². The van der Waals surface area contributed by atoms with Gasteiger partial charge in [0.15, 0.2) is 5.82 Å². The molecule has 140 valence electrons. The van der Waals surface area contributed by atoms with Crippen molar-refractivity contribution in [1.82, 2.24) is 25.2 Å². The number of pyridine rings is 1. The van der Waals surface area contributed by atoms with E-state index in [-0.39, 0.29) is 21.3 Å². The van der Waals surface area contributed by atoms with Gasteiger partial charge < -0.3 is 4.74 Å². The van der Waals surface area contributed by atoms with E-state index in [1.807, 2.05) is 0 Å². The molecular formula is C15H13ClN6O4S. The van der Waals surface area contributed by atoms with Crippen LogP contribution in [0, 0.1) is 0 Å². The van der Waals surface area contributed by atoms with Crippen LogP contribution >= 0.6 is 11.6 Å². The summed E-state index contributed by atoms with van der Waals surface area (Å²) >= 11 is 5.92. The van der Waals surface area contributed by atoms with Crippen molar-refractivity contribution in [2.75, 3.05) is 11.8 Å². The van der Waals surface area contributed by atoms with Crippen LogP contribution in [-0.4, -0.2) is 46.7 Å². The van der Waals surface area contributed by atoms with Gasteiger partial charge in [0.05, 0.1) is 12.7 Å². The molecule has 0 aliphatic rings. The van der Waals surface area contributed by atoms with Crippen molar-refractivity contribution in [2.24, 2.45) is 7.05 Å². The van der Waals surface area contributed by atoms with E-state index in [2.05, 4.69) is 30.0 Å². The summed E-state index contributed by atoms with van der Waals surface area (Å²) in [5.41, 5.74) is 0.825. The molecule has 12 heteroatoms. The van der Waals surface area contributed by atoms with Crippen LogP contribution in [0.2, 0.25) is 5.15 Å². The first-order valence-electron chi connectivity index (χ1n) is 7.41. The molecule has 3 aromatic rings. The highest BCUT2D eigenvalue weighted by Crippen LogP contribution is 2.25. The molecule has 1 N–H and O–H groups in total. The van der Waals surface area contributed by atoms with E-state index in [1.165, 1.54) is 11.8 Å². The molecule has 0 spiro atoms. The van der Waals surface area contributed by atoms with E-state index < -0.39 is 16.0 Å². The predicted octanol–water partition coefficient (Wildman–Crippen LogP) is 1.51. The molecule has 0 radical (unpaired) electrons. The van der Waals surface area contributed by atoms with E-state index in [1.54, 1.807) is 31.3 Å². The maximum Gasteiger partial charge on any atom is 0.339 e. The van der Waals surface area contributed by atoms with Gasteiger partial charge in [0.25, 0.3) is 10.0 Å². The van der Waals surface area contributed by atoms with Crippen molar-refractivity contribution in [3.05, 3.63) is 47.2 Å². The number of ether oxygens (including phenoxy) is 1. The van der Waals surface area contributed by atoms with E-state index >= 15 is 0 Å². The molecule has 0 aliphatic carbocycles. The topological polar surface area (TPSA) is 129 Å². The summed E-state index contributed by atoms with van der Waals surface area (Å²) < 4.78 is 33.9. The third kappa shape index (κ3) is 3.88. The highest BCUT2D eigenvalue weighted by Gasteiger charge is 2.22. The average molecular weight is 409 g/mol. The Morgan fingerprint density at radius 2 is 2.07 bits per heavy atom. The number of carbonyl (C=O) groups is 1. The van der Waals surface area contributed by atoms with Gasteiger partial charge in [-0.05, 0) is 28.6 Å². The molecule has 0 unspecified atom stereocenters. The Kier molecular flexibility index (Phi) is 5.06. The first-order valence-corrected chi connectivity index (χ1v) is 9.27. The molecule has 1 aromatic carbocycles. The molecule has 0 atom stereocenters. The molecule has 3 rings (SSSR count). The molecule has 2 aromatic heterocycles. The van der Waals surface area contributed by atoms with Crippen LogP contribution in [-0.2, 0) is 21.8 Å². The van der Waals surface area contributed by atoms with Crippen LogP contribution in [0.4, 0.5) is 5.69 Å². The summed E-state index contributed by atoms with van der Waals surface area (Å²) in [6.45, 7) is 0. The molecule has 0 fully saturated rings. The third-order valence-electron chi connectivity index (χ3n) is 3.51. The lowest BCUT2D eigenvalue weighted by molar-refractivity contribution is 0.0600. The monoisotopic (exact) mass is 408 g/mol. The molecule has 0 aliphatic heterocycles. The number of carbonyl (C=O) groups excluding carboxylic acids is 1. The lowest BCUT2D eigenvalue weighted by Crippen LogP contribution is -2.15. The molecular weight excluding hydrogens is 396 g/mol. The Labute approximate surface area is 159 Å². The number of anilines is 1. The average Bonchev–Trinajstić information content (AvgIpc) is 3.07. The number of sulfonamides is 1. The largest absolute Gasteiger partial charge is 0.465 e. The zero-order valence-corrected chi connectivity index (χ0v) is 15.7. The first-order chi connectivity index (χ1) is 12.8. The fourth-order valence-corrected chi connectivity index (χ4v) is 3.76. The summed E-state index contributed by atoms with van der Waals surface area (Å²) in [6, 6.07) is 7.59. The zero-order chi connectivity index (χ0) is 19.6. The van der Waals surface area contributed by atoms with Gasteiger partial charge in [0, 0.05) is 24.5 Å². The van der Waals surface area contributed by atoms with E-state index in [4.69, 9.17) is 11.6 Å². The Bertz CT molecular complexity index is 1110. The number of nitrogens with zero attached hydrogens (tertiary/aromatic N) is 5. The molecule has 0 saturated carbocycles. The van der Waals surface area contributed by atoms with Crippen LogP contribution in [0.1, 0.15) is 10.4 Å². The number of rotatable bonds is 5. The summed E-state index contributed by atoms with van der Waals surface area (Å²) in [5.74, 6) is -0.268. The standard InChI is InChI=1S/C15H13ClN6O4S/c1-22-14(18-20-21-22)9-4-3-5-11(6-9)19-27(24,25)12-7-10(15(23)26-2)8-17-13(12)16/h3-8,19H,1-2H3. The van der Waals surface area contributed by atoms with Crippen molar-refractivity contribution in [3.63, 3.8) is 0 Å². The van der Waals surface area contributed by atoms with Crippen LogP contribution in [0.15, 0.2) is 41.4 Å². The SMILES string of the molecule is COC(=O)c1cnc(Cl)c(S(=O)(=O)Nc2cccc(-c3nnnn3C)c2)c1. The number of methoxy groups -OCH3 is 1. The molecule has 2 heterocycles. The Balaban J connectivity index is 1.96. The number of hydrogen-bond donors (Lipinski definition) is 1. The van der Waals surface area contributed by atoms with E-state index in [9.17, 15) is 13.2 Å². The lowest BCUT2D eigenvalue weighted by atomic mass is 10.2. The molecule has 0 bridgehead atoms. The smallest absolute Gasteiger partial charge is 0.339 e. The summed E-state index contributed by atoms with van der Waals surface area (Å²) in [6.07, 6.45) is 1.13. The second-order valence-corrected chi connectivity index (χ2v) is 7.33. The molecule has 10 nitrogen and oxygen atoms in total. The first kappa shape index (κ1) is 18.7. The van der Waals surface area contributed by atoms with Gasteiger partial charge in [-0.25, -0.2) is 22.9 Å². The van der Waals surface area contributed by atoms with Gasteiger partial charge in [-0.3, -0.25) is 4.72 Å². The van der Waals surface area contributed by atoms with Crippen molar-refractivity contribution < 1.29 is 17.9 Å². The number of hydrogen-bond acceptors (Lipinski definition) is 8. The normalized spacial score (nSPS) is 11.2. The zero-order valence-electron chi connectivity index (χ0n) is 14.1. The fraction of sp³-hybridized carbons (Fsp3) is 0.133. The van der Waals surface area contributed by atoms with Crippen molar-refractivity contribution in [2.45, 2.75) is 4.90 Å². The Hall–Kier alpha value is -3.05. The minimum absolute atomic E-state index is 0.0406. The summed E-state index contributed by atoms with van der Waals surface area (Å²) in [4.78, 5) is 15.0. The van der Waals surface area contributed by atoms with E-state index in [0.717, 1.165) is 12.3 Å². The van der Waals surface area contributed by atoms with Crippen molar-refractivity contribution >= 4 is 33.3 Å². The van der Waals surface area contributed by atoms with Gasteiger partial charge in [-0.15, -0.1) is 5.10 Å². The highest BCUT2D eigenvalue weighted by atomic mass is 35.5. The van der Waals surface area contributed by atoms with Crippen molar-refractivity contribution in [3.8, 4) is 11.4 Å². The number of aromatic nitrogens is 5. The van der Waals surface area contributed by atoms with Crippen LogP contribution in [0.5, 0.6) is 0 Å². The maximum atomic E-state index is 12.7. The Morgan fingerprint density at radius 1 is 1.30 bits per heavy atom. The Morgan fingerprint density at radius 3 is 2.74 bits per heavy atom. The second-order valence-electron chi connectivity index (χ2n) is 5.32. The maximum absolute atomic E-state index is 12.7. The van der Waals surface area contributed by atoms with Gasteiger partial charge in [-0.1, -0.05) is 23.7 Å². The van der Waals surface area contributed by atoms with Gasteiger partial charge >= 0.3 is 5.97 Å². The van der Waals surface area contributed by atoms with Crippen LogP contribution in [0.25, 0.3) is 11.4 Å². The molecule has 0 saturated heterocycles. The van der Waals surface area contributed by atoms with E-state index in [0.29, 0.717) is 11.4 Å². The quantitative estimate of drug-likeness (QED) is 0.496. The molecule has 27 heavy (non-hydrogen) atoms. The van der Waals surface area contributed by atoms with Gasteiger partial charge in [0.2, 0.25) is 0 Å². The second kappa shape index (κ2) is 7.29. The number of nitrogens with one attached hydrogen (secondary N) is 1. The summed E-state index contributed by atoms with van der Waals surface area (Å²) in [5, 5.41) is 10.9.